The fourth-order valence-corrected chi connectivity index (χ4v) is 6.35. The SMILES string of the molecule is CN(C)S(=O)(=O)Oc1c(Cl)ccc(C2C(=O)c3ncccc3C(C)(C)S2(=O)=O)c1Cl. The van der Waals surface area contributed by atoms with Crippen molar-refractivity contribution < 1.29 is 25.8 Å². The fourth-order valence-electron chi connectivity index (χ4n) is 3.12. The molecular weight excluding hydrogens is 475 g/mol. The van der Waals surface area contributed by atoms with Crippen LogP contribution in [0.1, 0.15) is 40.7 Å². The quantitative estimate of drug-likeness (QED) is 0.644. The normalized spacial score (nSPS) is 20.1. The molecule has 1 unspecified atom stereocenters. The average molecular weight is 493 g/mol. The number of aromatic nitrogens is 1. The number of rotatable bonds is 4. The Kier molecular flexibility index (Phi) is 5.70. The second-order valence-corrected chi connectivity index (χ2v) is 12.4. The van der Waals surface area contributed by atoms with E-state index in [1.807, 2.05) is 0 Å². The molecule has 8 nitrogen and oxygen atoms in total. The number of pyridine rings is 1. The molecule has 1 aromatic carbocycles. The van der Waals surface area contributed by atoms with Gasteiger partial charge in [0.25, 0.3) is 0 Å². The molecular formula is C18H18Cl2N2O6S2. The molecule has 0 bridgehead atoms. The minimum atomic E-state index is -4.24. The number of hydrogen-bond acceptors (Lipinski definition) is 7. The zero-order valence-corrected chi connectivity index (χ0v) is 19.5. The van der Waals surface area contributed by atoms with Crippen molar-refractivity contribution in [3.05, 3.63) is 57.3 Å². The molecule has 0 aliphatic carbocycles. The largest absolute Gasteiger partial charge is 0.384 e. The van der Waals surface area contributed by atoms with Gasteiger partial charge in [-0.25, -0.2) is 8.42 Å². The van der Waals surface area contributed by atoms with Crippen LogP contribution in [0.5, 0.6) is 5.75 Å². The molecule has 0 N–H and O–H groups in total. The standard InChI is InChI=1S/C18H18Cl2N2O6S2/c1-18(2)11-6-5-9-21-14(11)15(23)17(29(18,24)25)10-7-8-12(19)16(13(10)20)28-30(26,27)22(3)4/h5-9,17H,1-4H3. The number of carbonyl (C=O) groups excluding carboxylic acids is 1. The highest BCUT2D eigenvalue weighted by Gasteiger charge is 2.53. The third kappa shape index (κ3) is 3.40. The third-order valence-corrected chi connectivity index (χ3v) is 9.64. The van der Waals surface area contributed by atoms with Crippen molar-refractivity contribution >= 4 is 49.1 Å². The predicted octanol–water partition coefficient (Wildman–Crippen LogP) is 3.16. The molecule has 0 amide bonds. The van der Waals surface area contributed by atoms with Gasteiger partial charge in [-0.05, 0) is 26.0 Å². The molecule has 2 heterocycles. The van der Waals surface area contributed by atoms with E-state index in [-0.39, 0.29) is 26.9 Å². The van der Waals surface area contributed by atoms with Crippen LogP contribution in [-0.2, 0) is 24.9 Å². The van der Waals surface area contributed by atoms with Gasteiger partial charge in [0.15, 0.2) is 20.8 Å². The molecule has 3 rings (SSSR count). The van der Waals surface area contributed by atoms with E-state index >= 15 is 0 Å². The first kappa shape index (κ1) is 23.0. The lowest BCUT2D eigenvalue weighted by Crippen LogP contribution is -2.43. The van der Waals surface area contributed by atoms with Crippen LogP contribution in [0.25, 0.3) is 0 Å². The Morgan fingerprint density at radius 3 is 2.40 bits per heavy atom. The molecule has 2 aromatic rings. The number of Topliss-reactive ketones (excluding diaryl/α,β-unsaturated/α-hetero) is 1. The molecule has 12 heteroatoms. The Labute approximate surface area is 184 Å². The van der Waals surface area contributed by atoms with E-state index in [1.165, 1.54) is 52.3 Å². The van der Waals surface area contributed by atoms with Gasteiger partial charge in [0.1, 0.15) is 5.69 Å². The van der Waals surface area contributed by atoms with Crippen LogP contribution in [0.2, 0.25) is 10.0 Å². The fraction of sp³-hybridized carbons (Fsp3) is 0.333. The maximum Gasteiger partial charge on any atom is 0.384 e. The highest BCUT2D eigenvalue weighted by Crippen LogP contribution is 2.49. The van der Waals surface area contributed by atoms with Crippen LogP contribution in [0.15, 0.2) is 30.5 Å². The van der Waals surface area contributed by atoms with Crippen LogP contribution in [-0.4, -0.2) is 46.0 Å². The molecule has 1 aliphatic rings. The van der Waals surface area contributed by atoms with E-state index in [4.69, 9.17) is 27.4 Å². The van der Waals surface area contributed by atoms with E-state index in [0.29, 0.717) is 0 Å². The van der Waals surface area contributed by atoms with Crippen LogP contribution in [0.4, 0.5) is 0 Å². The molecule has 162 valence electrons. The maximum absolute atomic E-state index is 13.4. The molecule has 0 saturated heterocycles. The van der Waals surface area contributed by atoms with Crippen LogP contribution >= 0.6 is 23.2 Å². The van der Waals surface area contributed by atoms with Gasteiger partial charge < -0.3 is 4.18 Å². The van der Waals surface area contributed by atoms with Crippen LogP contribution < -0.4 is 4.18 Å². The van der Waals surface area contributed by atoms with Crippen LogP contribution in [0.3, 0.4) is 0 Å². The predicted molar refractivity (Wildman–Crippen MR) is 113 cm³/mol. The Morgan fingerprint density at radius 2 is 1.80 bits per heavy atom. The van der Waals surface area contributed by atoms with Gasteiger partial charge in [-0.2, -0.15) is 12.7 Å². The summed E-state index contributed by atoms with van der Waals surface area (Å²) >= 11 is 12.4. The van der Waals surface area contributed by atoms with Gasteiger partial charge in [-0.15, -0.1) is 0 Å². The lowest BCUT2D eigenvalue weighted by atomic mass is 9.94. The van der Waals surface area contributed by atoms with Crippen molar-refractivity contribution in [3.63, 3.8) is 0 Å². The molecule has 0 spiro atoms. The lowest BCUT2D eigenvalue weighted by Gasteiger charge is -2.36. The summed E-state index contributed by atoms with van der Waals surface area (Å²) in [6.07, 6.45) is 1.39. The number of ketones is 1. The molecule has 0 radical (unpaired) electrons. The van der Waals surface area contributed by atoms with Crippen molar-refractivity contribution in [1.29, 1.82) is 0 Å². The van der Waals surface area contributed by atoms with E-state index in [9.17, 15) is 21.6 Å². The Morgan fingerprint density at radius 1 is 1.17 bits per heavy atom. The van der Waals surface area contributed by atoms with Gasteiger partial charge in [0.2, 0.25) is 5.78 Å². The summed E-state index contributed by atoms with van der Waals surface area (Å²) in [5.41, 5.74) is 0.152. The zero-order valence-electron chi connectivity index (χ0n) is 16.4. The van der Waals surface area contributed by atoms with E-state index < -0.39 is 41.7 Å². The number of fused-ring (bicyclic) bond motifs is 1. The van der Waals surface area contributed by atoms with Crippen molar-refractivity contribution in [3.8, 4) is 5.75 Å². The summed E-state index contributed by atoms with van der Waals surface area (Å²) in [5, 5.41) is -2.25. The summed E-state index contributed by atoms with van der Waals surface area (Å²) in [4.78, 5) is 17.2. The van der Waals surface area contributed by atoms with Crippen molar-refractivity contribution in [2.24, 2.45) is 0 Å². The number of halogens is 2. The summed E-state index contributed by atoms with van der Waals surface area (Å²) in [7, 11) is -5.93. The molecule has 1 aliphatic heterocycles. The number of carbonyl (C=O) groups is 1. The molecule has 1 atom stereocenters. The Bertz CT molecular complexity index is 1260. The monoisotopic (exact) mass is 492 g/mol. The third-order valence-electron chi connectivity index (χ3n) is 4.95. The van der Waals surface area contributed by atoms with E-state index in [0.717, 1.165) is 4.31 Å². The number of nitrogens with zero attached hydrogens (tertiary/aromatic N) is 2. The number of hydrogen-bond donors (Lipinski definition) is 0. The Balaban J connectivity index is 2.26. The second kappa shape index (κ2) is 7.45. The zero-order chi connectivity index (χ0) is 22.6. The first-order valence-corrected chi connectivity index (χ1v) is 12.2. The summed E-state index contributed by atoms with van der Waals surface area (Å²) in [5.74, 6) is -1.23. The van der Waals surface area contributed by atoms with Crippen molar-refractivity contribution in [2.45, 2.75) is 23.8 Å². The number of sulfone groups is 1. The first-order chi connectivity index (χ1) is 13.7. The topological polar surface area (TPSA) is 111 Å². The van der Waals surface area contributed by atoms with E-state index in [2.05, 4.69) is 4.98 Å². The summed E-state index contributed by atoms with van der Waals surface area (Å²) in [6, 6.07) is 5.59. The van der Waals surface area contributed by atoms with Gasteiger partial charge >= 0.3 is 10.3 Å². The van der Waals surface area contributed by atoms with Crippen LogP contribution in [0, 0.1) is 0 Å². The highest BCUT2D eigenvalue weighted by molar-refractivity contribution is 7.93. The van der Waals surface area contributed by atoms with Gasteiger partial charge in [-0.1, -0.05) is 35.3 Å². The summed E-state index contributed by atoms with van der Waals surface area (Å²) in [6.45, 7) is 2.94. The van der Waals surface area contributed by atoms with Gasteiger partial charge in [-0.3, -0.25) is 9.78 Å². The van der Waals surface area contributed by atoms with E-state index in [1.54, 1.807) is 6.07 Å². The second-order valence-electron chi connectivity index (χ2n) is 7.30. The highest BCUT2D eigenvalue weighted by atomic mass is 35.5. The minimum Gasteiger partial charge on any atom is -0.368 e. The molecule has 0 saturated carbocycles. The maximum atomic E-state index is 13.4. The van der Waals surface area contributed by atoms with Crippen molar-refractivity contribution in [1.82, 2.24) is 9.29 Å². The summed E-state index contributed by atoms with van der Waals surface area (Å²) < 4.78 is 55.5. The lowest BCUT2D eigenvalue weighted by molar-refractivity contribution is 0.0975. The van der Waals surface area contributed by atoms with Crippen molar-refractivity contribution in [2.75, 3.05) is 14.1 Å². The molecule has 30 heavy (non-hydrogen) atoms. The minimum absolute atomic E-state index is 0.0109. The average Bonchev–Trinajstić information content (AvgIpc) is 2.65. The molecule has 0 fully saturated rings. The molecule has 1 aromatic heterocycles. The smallest absolute Gasteiger partial charge is 0.368 e. The first-order valence-electron chi connectivity index (χ1n) is 8.56. The van der Waals surface area contributed by atoms with Gasteiger partial charge in [0.05, 0.1) is 14.8 Å². The number of benzene rings is 1. The van der Waals surface area contributed by atoms with Gasteiger partial charge in [0, 0.05) is 31.4 Å². The Hall–Kier alpha value is -1.72.